The van der Waals surface area contributed by atoms with Crippen LogP contribution >= 0.6 is 11.6 Å². The molecule has 1 aliphatic rings. The molecule has 114 valence electrons. The molecule has 4 nitrogen and oxygen atoms in total. The Morgan fingerprint density at radius 1 is 1.18 bits per heavy atom. The van der Waals surface area contributed by atoms with Gasteiger partial charge in [-0.1, -0.05) is 28.9 Å². The second kappa shape index (κ2) is 6.66. The lowest BCUT2D eigenvalue weighted by Gasteiger charge is -2.20. The summed E-state index contributed by atoms with van der Waals surface area (Å²) < 4.78 is 23.7. The average Bonchev–Trinajstić information content (AvgIpc) is 2.53. The molecule has 0 saturated heterocycles. The van der Waals surface area contributed by atoms with Crippen LogP contribution in [0.4, 0.5) is 4.39 Å². The molecule has 6 heteroatoms. The van der Waals surface area contributed by atoms with E-state index in [1.54, 1.807) is 18.2 Å². The van der Waals surface area contributed by atoms with Gasteiger partial charge in [0.2, 0.25) is 0 Å². The van der Waals surface area contributed by atoms with E-state index in [2.05, 4.69) is 5.16 Å². The molecule has 0 aliphatic carbocycles. The molecule has 0 amide bonds. The van der Waals surface area contributed by atoms with Gasteiger partial charge in [-0.05, 0) is 35.4 Å². The third-order valence-corrected chi connectivity index (χ3v) is 3.31. The van der Waals surface area contributed by atoms with E-state index in [1.165, 1.54) is 18.3 Å². The Morgan fingerprint density at radius 3 is 2.77 bits per heavy atom. The molecule has 0 saturated carbocycles. The number of halogens is 2. The minimum Gasteiger partial charge on any atom is -0.486 e. The number of fused-ring (bicyclic) bond motifs is 1. The van der Waals surface area contributed by atoms with Crippen LogP contribution in [0, 0.1) is 5.82 Å². The maximum atomic E-state index is 12.8. The molecule has 1 heterocycles. The first kappa shape index (κ1) is 14.7. The van der Waals surface area contributed by atoms with E-state index in [9.17, 15) is 4.39 Å². The number of benzene rings is 2. The maximum absolute atomic E-state index is 12.8. The van der Waals surface area contributed by atoms with Crippen LogP contribution in [-0.2, 0) is 11.4 Å². The number of ether oxygens (including phenoxy) is 2. The van der Waals surface area contributed by atoms with Crippen LogP contribution in [0.3, 0.4) is 0 Å². The molecule has 0 unspecified atom stereocenters. The molecular weight excluding hydrogens is 309 g/mol. The highest BCUT2D eigenvalue weighted by Gasteiger charge is 2.16. The molecule has 0 atom stereocenters. The van der Waals surface area contributed by atoms with Gasteiger partial charge in [0.05, 0.1) is 11.2 Å². The first-order chi connectivity index (χ1) is 10.7. The number of hydrogen-bond donors (Lipinski definition) is 0. The Balaban J connectivity index is 1.62. The van der Waals surface area contributed by atoms with E-state index in [1.807, 2.05) is 6.07 Å². The lowest BCUT2D eigenvalue weighted by molar-refractivity contribution is 0.131. The monoisotopic (exact) mass is 321 g/mol. The highest BCUT2D eigenvalue weighted by molar-refractivity contribution is 6.32. The lowest BCUT2D eigenvalue weighted by atomic mass is 10.2. The molecule has 2 aromatic carbocycles. The van der Waals surface area contributed by atoms with Gasteiger partial charge >= 0.3 is 0 Å². The topological polar surface area (TPSA) is 40.0 Å². The van der Waals surface area contributed by atoms with Crippen LogP contribution in [0.1, 0.15) is 11.1 Å². The number of rotatable bonds is 4. The molecule has 0 bridgehead atoms. The van der Waals surface area contributed by atoms with Crippen LogP contribution in [0.15, 0.2) is 41.6 Å². The summed E-state index contributed by atoms with van der Waals surface area (Å²) in [5, 5.41) is 4.33. The third kappa shape index (κ3) is 3.49. The summed E-state index contributed by atoms with van der Waals surface area (Å²) in [5.41, 5.74) is 1.58. The Kier molecular flexibility index (Phi) is 4.44. The van der Waals surface area contributed by atoms with Crippen molar-refractivity contribution < 1.29 is 18.7 Å². The fraction of sp³-hybridized carbons (Fsp3) is 0.188. The summed E-state index contributed by atoms with van der Waals surface area (Å²) in [7, 11) is 0. The van der Waals surface area contributed by atoms with E-state index in [-0.39, 0.29) is 12.4 Å². The van der Waals surface area contributed by atoms with Crippen molar-refractivity contribution in [2.75, 3.05) is 13.2 Å². The summed E-state index contributed by atoms with van der Waals surface area (Å²) in [6.07, 6.45) is 1.51. The number of hydrogen-bond acceptors (Lipinski definition) is 4. The van der Waals surface area contributed by atoms with E-state index in [0.717, 1.165) is 11.1 Å². The Hall–Kier alpha value is -2.27. The Bertz CT molecular complexity index is 689. The fourth-order valence-electron chi connectivity index (χ4n) is 2.01. The summed E-state index contributed by atoms with van der Waals surface area (Å²) in [4.78, 5) is 5.22. The standard InChI is InChI=1S/C16H13ClFNO3/c17-14-7-12(8-15-16(14)21-6-5-20-15)10-22-19-9-11-1-3-13(18)4-2-11/h1-4,7-9H,5-6,10H2/b19-9+. The molecule has 0 fully saturated rings. The Morgan fingerprint density at radius 2 is 1.95 bits per heavy atom. The first-order valence-electron chi connectivity index (χ1n) is 6.71. The normalized spacial score (nSPS) is 13.4. The van der Waals surface area contributed by atoms with Gasteiger partial charge in [0, 0.05) is 0 Å². The van der Waals surface area contributed by atoms with Crippen LogP contribution in [-0.4, -0.2) is 19.4 Å². The second-order valence-corrected chi connectivity index (χ2v) is 5.07. The summed E-state index contributed by atoms with van der Waals surface area (Å²) in [6, 6.07) is 9.52. The maximum Gasteiger partial charge on any atom is 0.179 e. The zero-order valence-corrected chi connectivity index (χ0v) is 12.3. The van der Waals surface area contributed by atoms with Crippen molar-refractivity contribution in [1.29, 1.82) is 0 Å². The lowest BCUT2D eigenvalue weighted by Crippen LogP contribution is -2.15. The van der Waals surface area contributed by atoms with Crippen LogP contribution in [0.2, 0.25) is 5.02 Å². The van der Waals surface area contributed by atoms with Crippen molar-refractivity contribution in [2.24, 2.45) is 5.16 Å². The van der Waals surface area contributed by atoms with Crippen molar-refractivity contribution in [3.05, 3.63) is 58.4 Å². The van der Waals surface area contributed by atoms with E-state index in [0.29, 0.717) is 29.7 Å². The highest BCUT2D eigenvalue weighted by Crippen LogP contribution is 2.38. The molecular formula is C16H13ClFNO3. The minimum atomic E-state index is -0.288. The van der Waals surface area contributed by atoms with Crippen molar-refractivity contribution in [2.45, 2.75) is 6.61 Å². The van der Waals surface area contributed by atoms with Gasteiger partial charge in [-0.2, -0.15) is 0 Å². The Labute approximate surface area is 132 Å². The molecule has 0 aromatic heterocycles. The van der Waals surface area contributed by atoms with Gasteiger partial charge < -0.3 is 14.3 Å². The summed E-state index contributed by atoms with van der Waals surface area (Å²) in [6.45, 7) is 1.23. The van der Waals surface area contributed by atoms with E-state index >= 15 is 0 Å². The molecule has 0 radical (unpaired) electrons. The summed E-state index contributed by atoms with van der Waals surface area (Å²) >= 11 is 6.14. The quantitative estimate of drug-likeness (QED) is 0.635. The van der Waals surface area contributed by atoms with Gasteiger partial charge in [-0.25, -0.2) is 4.39 Å². The largest absolute Gasteiger partial charge is 0.486 e. The summed E-state index contributed by atoms with van der Waals surface area (Å²) in [5.74, 6) is 0.885. The van der Waals surface area contributed by atoms with Gasteiger partial charge in [-0.15, -0.1) is 0 Å². The van der Waals surface area contributed by atoms with Gasteiger partial charge in [0.25, 0.3) is 0 Å². The second-order valence-electron chi connectivity index (χ2n) is 4.66. The molecule has 22 heavy (non-hydrogen) atoms. The van der Waals surface area contributed by atoms with Gasteiger partial charge in [-0.3, -0.25) is 0 Å². The molecule has 1 aliphatic heterocycles. The van der Waals surface area contributed by atoms with Crippen LogP contribution in [0.25, 0.3) is 0 Å². The minimum absolute atomic E-state index is 0.244. The number of oxime groups is 1. The van der Waals surface area contributed by atoms with Crippen LogP contribution in [0.5, 0.6) is 11.5 Å². The van der Waals surface area contributed by atoms with Crippen molar-refractivity contribution in [3.8, 4) is 11.5 Å². The van der Waals surface area contributed by atoms with Crippen LogP contribution < -0.4 is 9.47 Å². The van der Waals surface area contributed by atoms with E-state index in [4.69, 9.17) is 25.9 Å². The SMILES string of the molecule is Fc1ccc(/C=N/OCc2cc(Cl)c3c(c2)OCCO3)cc1. The molecule has 0 N–H and O–H groups in total. The fourth-order valence-corrected chi connectivity index (χ4v) is 2.29. The zero-order chi connectivity index (χ0) is 15.4. The smallest absolute Gasteiger partial charge is 0.179 e. The average molecular weight is 322 g/mol. The molecule has 3 rings (SSSR count). The van der Waals surface area contributed by atoms with Crippen molar-refractivity contribution in [1.82, 2.24) is 0 Å². The predicted molar refractivity (Wildman–Crippen MR) is 81.2 cm³/mol. The van der Waals surface area contributed by atoms with Crippen molar-refractivity contribution in [3.63, 3.8) is 0 Å². The van der Waals surface area contributed by atoms with Gasteiger partial charge in [0.1, 0.15) is 25.6 Å². The zero-order valence-electron chi connectivity index (χ0n) is 11.6. The number of nitrogens with zero attached hydrogens (tertiary/aromatic N) is 1. The molecule has 2 aromatic rings. The highest BCUT2D eigenvalue weighted by atomic mass is 35.5. The van der Waals surface area contributed by atoms with Gasteiger partial charge in [0.15, 0.2) is 11.5 Å². The third-order valence-electron chi connectivity index (χ3n) is 3.03. The molecule has 0 spiro atoms. The van der Waals surface area contributed by atoms with E-state index < -0.39 is 0 Å². The van der Waals surface area contributed by atoms with Crippen molar-refractivity contribution >= 4 is 17.8 Å². The first-order valence-corrected chi connectivity index (χ1v) is 7.09. The predicted octanol–water partition coefficient (Wildman–Crippen LogP) is 3.80.